The summed E-state index contributed by atoms with van der Waals surface area (Å²) in [6.07, 6.45) is 0. The maximum Gasteiger partial charge on any atom is 0.136 e. The minimum absolute atomic E-state index is 0.862. The summed E-state index contributed by atoms with van der Waals surface area (Å²) in [6, 6.07) is 86.4. The number of furan rings is 2. The normalized spacial score (nSPS) is 11.6. The van der Waals surface area contributed by atoms with Crippen molar-refractivity contribution in [2.45, 2.75) is 0 Å². The number of hydrogen-bond acceptors (Lipinski definition) is 4. The zero-order valence-electron chi connectivity index (χ0n) is 35.8. The molecule has 66 heavy (non-hydrogen) atoms. The Balaban J connectivity index is 0.855. The summed E-state index contributed by atoms with van der Waals surface area (Å²) in [5, 5.41) is 9.41. The Bertz CT molecular complexity index is 3930. The number of fused-ring (bicyclic) bond motifs is 9. The fourth-order valence-electron chi connectivity index (χ4n) is 9.88. The smallest absolute Gasteiger partial charge is 0.136 e. The minimum Gasteiger partial charge on any atom is -0.456 e. The molecule has 11 aromatic carbocycles. The van der Waals surface area contributed by atoms with Crippen LogP contribution in [0.5, 0.6) is 0 Å². The van der Waals surface area contributed by atoms with E-state index in [1.165, 1.54) is 21.5 Å². The highest BCUT2D eigenvalue weighted by atomic mass is 16.3. The van der Waals surface area contributed by atoms with Gasteiger partial charge in [-0.15, -0.1) is 0 Å². The van der Waals surface area contributed by atoms with Crippen LogP contribution in [-0.2, 0) is 0 Å². The molecule has 0 atom stereocenters. The van der Waals surface area contributed by atoms with Gasteiger partial charge in [0.1, 0.15) is 22.3 Å². The van der Waals surface area contributed by atoms with Crippen LogP contribution < -0.4 is 9.80 Å². The predicted molar refractivity (Wildman–Crippen MR) is 276 cm³/mol. The first-order valence-corrected chi connectivity index (χ1v) is 22.4. The van der Waals surface area contributed by atoms with Gasteiger partial charge in [-0.05, 0) is 147 Å². The van der Waals surface area contributed by atoms with Gasteiger partial charge in [0.25, 0.3) is 0 Å². The molecule has 0 aliphatic rings. The molecule has 2 aromatic heterocycles. The third-order valence-electron chi connectivity index (χ3n) is 13.0. The SMILES string of the molecule is c1ccc(N(c2ccc(-c3ccc(N(c4ccccc4)c4ccc5oc6cccc(-c7ccc8c(ccc9ccccc98)c7)c6c5c4)cc3)cc2)c2ccc3oc4ccccc4c3c2)cc1. The Morgan fingerprint density at radius 3 is 1.39 bits per heavy atom. The zero-order chi connectivity index (χ0) is 43.6. The molecule has 4 nitrogen and oxygen atoms in total. The van der Waals surface area contributed by atoms with Crippen LogP contribution in [-0.4, -0.2) is 0 Å². The fraction of sp³-hybridized carbons (Fsp3) is 0. The molecule has 0 spiro atoms. The first-order valence-electron chi connectivity index (χ1n) is 22.4. The van der Waals surface area contributed by atoms with E-state index in [1.807, 2.05) is 12.1 Å². The van der Waals surface area contributed by atoms with Gasteiger partial charge in [-0.1, -0.05) is 140 Å². The van der Waals surface area contributed by atoms with E-state index in [1.54, 1.807) is 0 Å². The summed E-state index contributed by atoms with van der Waals surface area (Å²) in [7, 11) is 0. The summed E-state index contributed by atoms with van der Waals surface area (Å²) in [5.74, 6) is 0. The summed E-state index contributed by atoms with van der Waals surface area (Å²) in [5.41, 5.74) is 14.5. The molecule has 0 radical (unpaired) electrons. The summed E-state index contributed by atoms with van der Waals surface area (Å²) < 4.78 is 12.7. The van der Waals surface area contributed by atoms with Crippen LogP contribution in [0.1, 0.15) is 0 Å². The van der Waals surface area contributed by atoms with Crippen molar-refractivity contribution >= 4 is 99.5 Å². The van der Waals surface area contributed by atoms with Crippen molar-refractivity contribution < 1.29 is 8.83 Å². The fourth-order valence-corrected chi connectivity index (χ4v) is 9.88. The molecule has 0 bridgehead atoms. The summed E-state index contributed by atoms with van der Waals surface area (Å²) >= 11 is 0. The number of anilines is 6. The van der Waals surface area contributed by atoms with Gasteiger partial charge in [-0.3, -0.25) is 0 Å². The van der Waals surface area contributed by atoms with Crippen LogP contribution in [0.3, 0.4) is 0 Å². The van der Waals surface area contributed by atoms with E-state index in [-0.39, 0.29) is 0 Å². The monoisotopic (exact) mass is 844 g/mol. The molecule has 0 fully saturated rings. The van der Waals surface area contributed by atoms with E-state index in [9.17, 15) is 0 Å². The molecular weight excluding hydrogens is 805 g/mol. The second-order valence-electron chi connectivity index (χ2n) is 16.9. The van der Waals surface area contributed by atoms with Crippen LogP contribution in [0.4, 0.5) is 34.1 Å². The van der Waals surface area contributed by atoms with Gasteiger partial charge in [0.15, 0.2) is 0 Å². The van der Waals surface area contributed by atoms with Crippen LogP contribution in [0.15, 0.2) is 251 Å². The molecule has 2 heterocycles. The van der Waals surface area contributed by atoms with E-state index < -0.39 is 0 Å². The van der Waals surface area contributed by atoms with E-state index in [4.69, 9.17) is 8.83 Å². The third kappa shape index (κ3) is 6.38. The number of rotatable bonds is 8. The summed E-state index contributed by atoms with van der Waals surface area (Å²) in [4.78, 5) is 4.63. The Labute approximate surface area is 381 Å². The third-order valence-corrected chi connectivity index (χ3v) is 13.0. The highest BCUT2D eigenvalue weighted by molar-refractivity contribution is 6.15. The van der Waals surface area contributed by atoms with E-state index in [2.05, 4.69) is 240 Å². The molecule has 0 amide bonds. The molecular formula is C62H40N2O2. The van der Waals surface area contributed by atoms with E-state index >= 15 is 0 Å². The standard InChI is InChI=1S/C62H40N2O2/c1-3-13-46(14-4-1)63(50-33-36-59-56(39-50)55-18-9-10-20-58(55)65-59)48-29-24-41(25-30-48)42-26-31-49(32-27-42)64(47-15-5-2-6-16-47)51-34-37-60-57(40-51)62-54(19-11-21-61(62)66-60)45-28-35-53-44(38-45)23-22-43-12-7-8-17-52(43)53/h1-40H. The van der Waals surface area contributed by atoms with Gasteiger partial charge >= 0.3 is 0 Å². The summed E-state index contributed by atoms with van der Waals surface area (Å²) in [6.45, 7) is 0. The molecule has 4 heteroatoms. The molecule has 0 unspecified atom stereocenters. The minimum atomic E-state index is 0.862. The van der Waals surface area contributed by atoms with E-state index in [0.29, 0.717) is 0 Å². The zero-order valence-corrected chi connectivity index (χ0v) is 35.8. The van der Waals surface area contributed by atoms with Crippen LogP contribution >= 0.6 is 0 Å². The van der Waals surface area contributed by atoms with Gasteiger partial charge in [0.05, 0.1) is 0 Å². The lowest BCUT2D eigenvalue weighted by Gasteiger charge is -2.26. The highest BCUT2D eigenvalue weighted by Crippen LogP contribution is 2.44. The van der Waals surface area contributed by atoms with Crippen molar-refractivity contribution in [1.82, 2.24) is 0 Å². The van der Waals surface area contributed by atoms with Crippen molar-refractivity contribution in [3.63, 3.8) is 0 Å². The quantitative estimate of drug-likeness (QED) is 0.143. The Morgan fingerprint density at radius 2 is 0.712 bits per heavy atom. The van der Waals surface area contributed by atoms with Crippen molar-refractivity contribution in [2.24, 2.45) is 0 Å². The van der Waals surface area contributed by atoms with Gasteiger partial charge < -0.3 is 18.6 Å². The molecule has 0 aliphatic heterocycles. The number of para-hydroxylation sites is 3. The number of nitrogens with zero attached hydrogens (tertiary/aromatic N) is 2. The highest BCUT2D eigenvalue weighted by Gasteiger charge is 2.19. The van der Waals surface area contributed by atoms with Gasteiger partial charge in [0, 0.05) is 55.7 Å². The van der Waals surface area contributed by atoms with Crippen molar-refractivity contribution in [3.8, 4) is 22.3 Å². The maximum atomic E-state index is 6.55. The Morgan fingerprint density at radius 1 is 0.242 bits per heavy atom. The molecule has 0 saturated heterocycles. The first-order chi connectivity index (χ1) is 32.7. The van der Waals surface area contributed by atoms with Gasteiger partial charge in [-0.25, -0.2) is 0 Å². The first kappa shape index (κ1) is 37.7. The van der Waals surface area contributed by atoms with Crippen LogP contribution in [0, 0.1) is 0 Å². The largest absolute Gasteiger partial charge is 0.456 e. The lowest BCUT2D eigenvalue weighted by atomic mass is 9.95. The lowest BCUT2D eigenvalue weighted by Crippen LogP contribution is -2.10. The van der Waals surface area contributed by atoms with Crippen molar-refractivity contribution in [3.05, 3.63) is 243 Å². The number of hydrogen-bond donors (Lipinski definition) is 0. The number of benzene rings is 11. The average molecular weight is 845 g/mol. The van der Waals surface area contributed by atoms with E-state index in [0.717, 1.165) is 100 Å². The lowest BCUT2D eigenvalue weighted by molar-refractivity contribution is 0.668. The molecule has 0 aliphatic carbocycles. The Hall–Kier alpha value is -8.86. The molecule has 0 saturated carbocycles. The van der Waals surface area contributed by atoms with Gasteiger partial charge in [-0.2, -0.15) is 0 Å². The van der Waals surface area contributed by atoms with Gasteiger partial charge in [0.2, 0.25) is 0 Å². The Kier molecular flexibility index (Phi) is 8.81. The topological polar surface area (TPSA) is 32.8 Å². The molecule has 13 rings (SSSR count). The average Bonchev–Trinajstić information content (AvgIpc) is 3.95. The molecule has 13 aromatic rings. The van der Waals surface area contributed by atoms with Crippen molar-refractivity contribution in [2.75, 3.05) is 9.80 Å². The second-order valence-corrected chi connectivity index (χ2v) is 16.9. The van der Waals surface area contributed by atoms with Crippen molar-refractivity contribution in [1.29, 1.82) is 0 Å². The second kappa shape index (κ2) is 15.4. The maximum absolute atomic E-state index is 6.55. The predicted octanol–water partition coefficient (Wildman–Crippen LogP) is 18.1. The molecule has 0 N–H and O–H groups in total. The van der Waals surface area contributed by atoms with Crippen LogP contribution in [0.2, 0.25) is 0 Å². The van der Waals surface area contributed by atoms with Crippen LogP contribution in [0.25, 0.3) is 87.7 Å². The molecule has 310 valence electrons.